The van der Waals surface area contributed by atoms with E-state index in [0.29, 0.717) is 19.1 Å². The predicted molar refractivity (Wildman–Crippen MR) is 65.8 cm³/mol. The predicted octanol–water partition coefficient (Wildman–Crippen LogP) is 1.49. The minimum Gasteiger partial charge on any atom is -0.493 e. The molecule has 88 valence electrons. The second-order valence-electron chi connectivity index (χ2n) is 4.22. The molecule has 1 aliphatic rings. The molecule has 0 amide bonds. The molecule has 0 radical (unpaired) electrons. The fourth-order valence-electron chi connectivity index (χ4n) is 2.13. The Morgan fingerprint density at radius 1 is 1.38 bits per heavy atom. The highest BCUT2D eigenvalue weighted by atomic mass is 16.5. The Bertz CT molecular complexity index is 321. The summed E-state index contributed by atoms with van der Waals surface area (Å²) in [6.07, 6.45) is 2.12. The summed E-state index contributed by atoms with van der Waals surface area (Å²) in [7, 11) is 0. The summed E-state index contributed by atoms with van der Waals surface area (Å²) in [6.45, 7) is 3.58. The smallest absolute Gasteiger partial charge is 0.122 e. The van der Waals surface area contributed by atoms with E-state index in [4.69, 9.17) is 10.5 Å². The van der Waals surface area contributed by atoms with Gasteiger partial charge in [-0.15, -0.1) is 0 Å². The van der Waals surface area contributed by atoms with Crippen LogP contribution in [0.3, 0.4) is 0 Å². The van der Waals surface area contributed by atoms with Gasteiger partial charge in [0.15, 0.2) is 0 Å². The van der Waals surface area contributed by atoms with Gasteiger partial charge in [0.05, 0.1) is 6.61 Å². The molecule has 1 unspecified atom stereocenters. The maximum Gasteiger partial charge on any atom is 0.122 e. The summed E-state index contributed by atoms with van der Waals surface area (Å²) in [5.41, 5.74) is 6.80. The summed E-state index contributed by atoms with van der Waals surface area (Å²) in [6, 6.07) is 8.35. The largest absolute Gasteiger partial charge is 0.493 e. The Hall–Kier alpha value is -1.06. The average Bonchev–Trinajstić information content (AvgIpc) is 2.83. The fourth-order valence-corrected chi connectivity index (χ4v) is 2.13. The molecule has 0 aliphatic carbocycles. The summed E-state index contributed by atoms with van der Waals surface area (Å²) >= 11 is 0. The van der Waals surface area contributed by atoms with Gasteiger partial charge in [-0.1, -0.05) is 18.2 Å². The van der Waals surface area contributed by atoms with Gasteiger partial charge in [-0.3, -0.25) is 0 Å². The molecule has 1 fully saturated rings. The molecule has 1 aliphatic heterocycles. The van der Waals surface area contributed by atoms with Crippen LogP contribution >= 0.6 is 0 Å². The van der Waals surface area contributed by atoms with E-state index in [2.05, 4.69) is 23.5 Å². The summed E-state index contributed by atoms with van der Waals surface area (Å²) in [4.78, 5) is 0. The molecule has 16 heavy (non-hydrogen) atoms. The summed E-state index contributed by atoms with van der Waals surface area (Å²) < 4.78 is 5.78. The number of rotatable bonds is 5. The van der Waals surface area contributed by atoms with Crippen LogP contribution in [0.2, 0.25) is 0 Å². The monoisotopic (exact) mass is 220 g/mol. The van der Waals surface area contributed by atoms with Crippen molar-refractivity contribution in [1.29, 1.82) is 0 Å². The van der Waals surface area contributed by atoms with E-state index in [1.807, 2.05) is 6.07 Å². The maximum atomic E-state index is 5.78. The highest BCUT2D eigenvalue weighted by molar-refractivity contribution is 5.37. The van der Waals surface area contributed by atoms with Crippen LogP contribution in [0.4, 0.5) is 0 Å². The van der Waals surface area contributed by atoms with Crippen LogP contribution < -0.4 is 15.8 Å². The SMILES string of the molecule is NCCCOc1ccccc1C1CCNC1. The zero-order chi connectivity index (χ0) is 11.2. The first-order chi connectivity index (χ1) is 7.92. The first-order valence-corrected chi connectivity index (χ1v) is 6.04. The molecule has 1 heterocycles. The topological polar surface area (TPSA) is 47.3 Å². The zero-order valence-corrected chi connectivity index (χ0v) is 9.61. The summed E-state index contributed by atoms with van der Waals surface area (Å²) in [5, 5.41) is 3.39. The van der Waals surface area contributed by atoms with Crippen LogP contribution in [0.5, 0.6) is 5.75 Å². The van der Waals surface area contributed by atoms with Crippen molar-refractivity contribution in [3.63, 3.8) is 0 Å². The third-order valence-corrected chi connectivity index (χ3v) is 3.03. The number of benzene rings is 1. The van der Waals surface area contributed by atoms with Gasteiger partial charge in [-0.2, -0.15) is 0 Å². The van der Waals surface area contributed by atoms with E-state index in [1.165, 1.54) is 12.0 Å². The highest BCUT2D eigenvalue weighted by Crippen LogP contribution is 2.30. The van der Waals surface area contributed by atoms with Crippen LogP contribution in [0, 0.1) is 0 Å². The Labute approximate surface area is 97.0 Å². The Morgan fingerprint density at radius 2 is 2.25 bits per heavy atom. The Balaban J connectivity index is 2.04. The van der Waals surface area contributed by atoms with Gasteiger partial charge in [0, 0.05) is 12.5 Å². The van der Waals surface area contributed by atoms with Crippen molar-refractivity contribution >= 4 is 0 Å². The van der Waals surface area contributed by atoms with Crippen molar-refractivity contribution < 1.29 is 4.74 Å². The molecule has 1 atom stereocenters. The van der Waals surface area contributed by atoms with Gasteiger partial charge in [0.2, 0.25) is 0 Å². The van der Waals surface area contributed by atoms with Gasteiger partial charge in [0.25, 0.3) is 0 Å². The van der Waals surface area contributed by atoms with Crippen LogP contribution in [0.1, 0.15) is 24.3 Å². The number of nitrogens with two attached hydrogens (primary N) is 1. The van der Waals surface area contributed by atoms with E-state index in [-0.39, 0.29) is 0 Å². The van der Waals surface area contributed by atoms with E-state index in [9.17, 15) is 0 Å². The molecular weight excluding hydrogens is 200 g/mol. The zero-order valence-electron chi connectivity index (χ0n) is 9.61. The van der Waals surface area contributed by atoms with Gasteiger partial charge in [-0.25, -0.2) is 0 Å². The second kappa shape index (κ2) is 5.87. The van der Waals surface area contributed by atoms with Crippen LogP contribution in [-0.2, 0) is 0 Å². The van der Waals surface area contributed by atoms with Crippen LogP contribution in [0.25, 0.3) is 0 Å². The van der Waals surface area contributed by atoms with Gasteiger partial charge < -0.3 is 15.8 Å². The number of ether oxygens (including phenoxy) is 1. The van der Waals surface area contributed by atoms with Crippen molar-refractivity contribution in [3.8, 4) is 5.75 Å². The van der Waals surface area contributed by atoms with Crippen molar-refractivity contribution in [2.45, 2.75) is 18.8 Å². The number of hydrogen-bond donors (Lipinski definition) is 2. The Morgan fingerprint density at radius 3 is 3.00 bits per heavy atom. The van der Waals surface area contributed by atoms with E-state index in [0.717, 1.165) is 25.3 Å². The number of para-hydroxylation sites is 1. The Kier molecular flexibility index (Phi) is 4.19. The van der Waals surface area contributed by atoms with Gasteiger partial charge in [0.1, 0.15) is 5.75 Å². The molecule has 1 aromatic carbocycles. The maximum absolute atomic E-state index is 5.78. The summed E-state index contributed by atoms with van der Waals surface area (Å²) in [5.74, 6) is 1.64. The standard InChI is InChI=1S/C13H20N2O/c14-7-3-9-16-13-5-2-1-4-12(13)11-6-8-15-10-11/h1-2,4-5,11,15H,3,6-10,14H2. The molecule has 3 nitrogen and oxygen atoms in total. The van der Waals surface area contributed by atoms with Crippen molar-refractivity contribution in [2.75, 3.05) is 26.2 Å². The highest BCUT2D eigenvalue weighted by Gasteiger charge is 2.19. The van der Waals surface area contributed by atoms with Crippen LogP contribution in [0.15, 0.2) is 24.3 Å². The lowest BCUT2D eigenvalue weighted by Gasteiger charge is -2.15. The molecular formula is C13H20N2O. The third kappa shape index (κ3) is 2.74. The van der Waals surface area contributed by atoms with Crippen molar-refractivity contribution in [2.24, 2.45) is 5.73 Å². The first kappa shape index (κ1) is 11.4. The van der Waals surface area contributed by atoms with Crippen molar-refractivity contribution in [3.05, 3.63) is 29.8 Å². The lowest BCUT2D eigenvalue weighted by molar-refractivity contribution is 0.308. The molecule has 1 aromatic rings. The minimum atomic E-state index is 0.606. The van der Waals surface area contributed by atoms with E-state index >= 15 is 0 Å². The molecule has 0 spiro atoms. The number of hydrogen-bond acceptors (Lipinski definition) is 3. The molecule has 0 bridgehead atoms. The lowest BCUT2D eigenvalue weighted by Crippen LogP contribution is -2.10. The van der Waals surface area contributed by atoms with E-state index in [1.54, 1.807) is 0 Å². The molecule has 3 heteroatoms. The molecule has 0 saturated carbocycles. The lowest BCUT2D eigenvalue weighted by atomic mass is 9.97. The quantitative estimate of drug-likeness (QED) is 0.739. The van der Waals surface area contributed by atoms with Crippen molar-refractivity contribution in [1.82, 2.24) is 5.32 Å². The van der Waals surface area contributed by atoms with E-state index < -0.39 is 0 Å². The average molecular weight is 220 g/mol. The van der Waals surface area contributed by atoms with Crippen LogP contribution in [-0.4, -0.2) is 26.2 Å². The fraction of sp³-hybridized carbons (Fsp3) is 0.538. The molecule has 0 aromatic heterocycles. The first-order valence-electron chi connectivity index (χ1n) is 6.04. The number of nitrogens with one attached hydrogen (secondary N) is 1. The minimum absolute atomic E-state index is 0.606. The molecule has 2 rings (SSSR count). The van der Waals surface area contributed by atoms with Gasteiger partial charge in [-0.05, 0) is 37.6 Å². The normalized spacial score (nSPS) is 19.9. The second-order valence-corrected chi connectivity index (χ2v) is 4.22. The molecule has 3 N–H and O–H groups in total. The molecule has 1 saturated heterocycles. The van der Waals surface area contributed by atoms with Gasteiger partial charge >= 0.3 is 0 Å². The third-order valence-electron chi connectivity index (χ3n) is 3.03.